The van der Waals surface area contributed by atoms with Crippen molar-refractivity contribution in [3.63, 3.8) is 0 Å². The van der Waals surface area contributed by atoms with Gasteiger partial charge in [-0.15, -0.1) is 0 Å². The monoisotopic (exact) mass is 191 g/mol. The molecule has 2 heterocycles. The van der Waals surface area contributed by atoms with Crippen molar-refractivity contribution >= 4 is 11.5 Å². The van der Waals surface area contributed by atoms with Crippen LogP contribution in [0.15, 0.2) is 24.9 Å². The van der Waals surface area contributed by atoms with Crippen LogP contribution in [0.4, 0.5) is 0 Å². The maximum absolute atomic E-state index is 11.4. The minimum Gasteiger partial charge on any atom is -0.461 e. The summed E-state index contributed by atoms with van der Waals surface area (Å²) in [5.41, 5.74) is 1.03. The smallest absolute Gasteiger partial charge is 0.359 e. The number of hydrogen-bond donors (Lipinski definition) is 0. The third kappa shape index (κ3) is 1.32. The largest absolute Gasteiger partial charge is 0.461 e. The number of nitrogens with zero attached hydrogens (tertiary/aromatic N) is 3. The zero-order valence-corrected chi connectivity index (χ0v) is 7.67. The van der Waals surface area contributed by atoms with Crippen LogP contribution in [-0.2, 0) is 4.74 Å². The molecule has 5 nitrogen and oxygen atoms in total. The van der Waals surface area contributed by atoms with Crippen LogP contribution < -0.4 is 0 Å². The van der Waals surface area contributed by atoms with Gasteiger partial charge in [-0.05, 0) is 13.0 Å². The summed E-state index contributed by atoms with van der Waals surface area (Å²) >= 11 is 0. The molecular formula is C9H9N3O2. The van der Waals surface area contributed by atoms with Crippen molar-refractivity contribution in [2.45, 2.75) is 6.92 Å². The third-order valence-electron chi connectivity index (χ3n) is 1.81. The first-order chi connectivity index (χ1) is 6.83. The van der Waals surface area contributed by atoms with Crippen molar-refractivity contribution in [2.75, 3.05) is 6.61 Å². The highest BCUT2D eigenvalue weighted by Gasteiger charge is 2.13. The number of hydrogen-bond acceptors (Lipinski definition) is 4. The molecule has 0 radical (unpaired) electrons. The lowest BCUT2D eigenvalue weighted by Gasteiger charge is -1.98. The van der Waals surface area contributed by atoms with E-state index in [1.54, 1.807) is 29.9 Å². The van der Waals surface area contributed by atoms with Crippen LogP contribution in [0.2, 0.25) is 0 Å². The van der Waals surface area contributed by atoms with E-state index in [2.05, 4.69) is 9.97 Å². The zero-order chi connectivity index (χ0) is 9.97. The summed E-state index contributed by atoms with van der Waals surface area (Å²) in [5, 5.41) is 0. The zero-order valence-electron chi connectivity index (χ0n) is 7.67. The molecule has 0 spiro atoms. The predicted molar refractivity (Wildman–Crippen MR) is 48.9 cm³/mol. The summed E-state index contributed by atoms with van der Waals surface area (Å²) in [6, 6.07) is 1.72. The quantitative estimate of drug-likeness (QED) is 0.662. The van der Waals surface area contributed by atoms with E-state index < -0.39 is 5.97 Å². The molecule has 0 saturated carbocycles. The number of fused-ring (bicyclic) bond motifs is 1. The van der Waals surface area contributed by atoms with Crippen LogP contribution in [0, 0.1) is 0 Å². The Morgan fingerprint density at radius 3 is 3.21 bits per heavy atom. The molecule has 0 aliphatic carbocycles. The molecule has 0 aliphatic heterocycles. The highest BCUT2D eigenvalue weighted by atomic mass is 16.5. The number of rotatable bonds is 2. The number of carbonyl (C=O) groups excluding carboxylic acids is 1. The Hall–Kier alpha value is -1.91. The lowest BCUT2D eigenvalue weighted by molar-refractivity contribution is 0.0522. The van der Waals surface area contributed by atoms with Gasteiger partial charge in [-0.25, -0.2) is 14.8 Å². The van der Waals surface area contributed by atoms with Crippen molar-refractivity contribution in [3.8, 4) is 0 Å². The van der Waals surface area contributed by atoms with E-state index in [-0.39, 0.29) is 0 Å². The van der Waals surface area contributed by atoms with E-state index in [4.69, 9.17) is 4.74 Å². The van der Waals surface area contributed by atoms with Gasteiger partial charge in [0.05, 0.1) is 12.1 Å². The third-order valence-corrected chi connectivity index (χ3v) is 1.81. The summed E-state index contributed by atoms with van der Waals surface area (Å²) in [4.78, 5) is 19.3. The number of carbonyl (C=O) groups is 1. The molecule has 0 bridgehead atoms. The fourth-order valence-electron chi connectivity index (χ4n) is 1.21. The Balaban J connectivity index is 2.47. The van der Waals surface area contributed by atoms with Crippen molar-refractivity contribution in [1.82, 2.24) is 14.4 Å². The van der Waals surface area contributed by atoms with E-state index in [1.807, 2.05) is 0 Å². The summed E-state index contributed by atoms with van der Waals surface area (Å²) in [6.07, 6.45) is 4.74. The fourth-order valence-corrected chi connectivity index (χ4v) is 1.21. The van der Waals surface area contributed by atoms with Crippen molar-refractivity contribution in [1.29, 1.82) is 0 Å². The first kappa shape index (κ1) is 8.68. The normalized spacial score (nSPS) is 10.4. The molecule has 2 aromatic rings. The highest BCUT2D eigenvalue weighted by molar-refractivity contribution is 5.94. The molecule has 72 valence electrons. The van der Waals surface area contributed by atoms with E-state index in [0.29, 0.717) is 17.8 Å². The van der Waals surface area contributed by atoms with Gasteiger partial charge in [0.1, 0.15) is 12.7 Å². The molecule has 5 heteroatoms. The Bertz CT molecular complexity index is 464. The molecule has 0 N–H and O–H groups in total. The lowest BCUT2D eigenvalue weighted by Crippen LogP contribution is -2.05. The van der Waals surface area contributed by atoms with Crippen LogP contribution in [-0.4, -0.2) is 26.9 Å². The summed E-state index contributed by atoms with van der Waals surface area (Å²) in [6.45, 7) is 2.11. The van der Waals surface area contributed by atoms with E-state index in [0.717, 1.165) is 0 Å². The summed E-state index contributed by atoms with van der Waals surface area (Å²) in [7, 11) is 0. The maximum atomic E-state index is 11.4. The molecule has 0 aliphatic rings. The second-order valence-electron chi connectivity index (χ2n) is 2.69. The second-order valence-corrected chi connectivity index (χ2v) is 2.69. The van der Waals surface area contributed by atoms with Crippen LogP contribution >= 0.6 is 0 Å². The molecule has 0 amide bonds. The van der Waals surface area contributed by atoms with Gasteiger partial charge in [0, 0.05) is 6.20 Å². The number of esters is 1. The van der Waals surface area contributed by atoms with Crippen LogP contribution in [0.1, 0.15) is 17.4 Å². The number of aromatic nitrogens is 3. The first-order valence-corrected chi connectivity index (χ1v) is 4.26. The Kier molecular flexibility index (Phi) is 2.14. The molecular weight excluding hydrogens is 182 g/mol. The SMILES string of the molecule is CCOC(=O)c1ncn2cnccc12. The van der Waals surface area contributed by atoms with Crippen LogP contribution in [0.5, 0.6) is 0 Å². The average Bonchev–Trinajstić information content (AvgIpc) is 2.61. The minimum atomic E-state index is -0.402. The molecule has 2 aromatic heterocycles. The Morgan fingerprint density at radius 2 is 2.43 bits per heavy atom. The molecule has 0 saturated heterocycles. The topological polar surface area (TPSA) is 56.5 Å². The summed E-state index contributed by atoms with van der Waals surface area (Å²) < 4.78 is 6.53. The minimum absolute atomic E-state index is 0.328. The van der Waals surface area contributed by atoms with Crippen molar-refractivity contribution in [3.05, 3.63) is 30.6 Å². The molecule has 0 atom stereocenters. The van der Waals surface area contributed by atoms with Gasteiger partial charge in [0.25, 0.3) is 0 Å². The van der Waals surface area contributed by atoms with Gasteiger partial charge in [0.15, 0.2) is 5.69 Å². The van der Waals surface area contributed by atoms with Gasteiger partial charge < -0.3 is 4.74 Å². The first-order valence-electron chi connectivity index (χ1n) is 4.26. The standard InChI is InChI=1S/C9H9N3O2/c1-2-14-9(13)8-7-3-4-10-5-12(7)6-11-8/h3-6H,2H2,1H3. The molecule has 14 heavy (non-hydrogen) atoms. The van der Waals surface area contributed by atoms with Crippen molar-refractivity contribution < 1.29 is 9.53 Å². The van der Waals surface area contributed by atoms with Crippen LogP contribution in [0.25, 0.3) is 5.52 Å². The van der Waals surface area contributed by atoms with E-state index in [9.17, 15) is 4.79 Å². The maximum Gasteiger partial charge on any atom is 0.359 e. The average molecular weight is 191 g/mol. The molecule has 0 unspecified atom stereocenters. The Morgan fingerprint density at radius 1 is 1.57 bits per heavy atom. The predicted octanol–water partition coefficient (Wildman–Crippen LogP) is 0.906. The van der Waals surface area contributed by atoms with E-state index in [1.165, 1.54) is 6.33 Å². The number of imidazole rings is 1. The van der Waals surface area contributed by atoms with Gasteiger partial charge in [-0.1, -0.05) is 0 Å². The van der Waals surface area contributed by atoms with Gasteiger partial charge in [-0.3, -0.25) is 4.40 Å². The van der Waals surface area contributed by atoms with Gasteiger partial charge >= 0.3 is 5.97 Å². The lowest BCUT2D eigenvalue weighted by atomic mass is 10.3. The van der Waals surface area contributed by atoms with Gasteiger partial charge in [0.2, 0.25) is 0 Å². The second kappa shape index (κ2) is 3.45. The van der Waals surface area contributed by atoms with E-state index >= 15 is 0 Å². The Labute approximate surface area is 80.4 Å². The molecule has 2 rings (SSSR count). The van der Waals surface area contributed by atoms with Crippen molar-refractivity contribution in [2.24, 2.45) is 0 Å². The van der Waals surface area contributed by atoms with Gasteiger partial charge in [-0.2, -0.15) is 0 Å². The summed E-state index contributed by atoms with van der Waals surface area (Å²) in [5.74, 6) is -0.402. The fraction of sp³-hybridized carbons (Fsp3) is 0.222. The molecule has 0 fully saturated rings. The number of ether oxygens (including phenoxy) is 1. The molecule has 0 aromatic carbocycles. The highest BCUT2D eigenvalue weighted by Crippen LogP contribution is 2.08. The van der Waals surface area contributed by atoms with Crippen LogP contribution in [0.3, 0.4) is 0 Å².